The molecule has 0 aliphatic rings. The Kier molecular flexibility index (Phi) is 6.69. The van der Waals surface area contributed by atoms with E-state index < -0.39 is 8.07 Å². The lowest BCUT2D eigenvalue weighted by Gasteiger charge is -2.25. The number of ether oxygens (including phenoxy) is 1. The molecule has 1 N–H and O–H groups in total. The van der Waals surface area contributed by atoms with Gasteiger partial charge in [0.25, 0.3) is 0 Å². The second-order valence-electron chi connectivity index (χ2n) is 6.21. The highest BCUT2D eigenvalue weighted by Crippen LogP contribution is 2.26. The third-order valence-corrected chi connectivity index (χ3v) is 4.79. The second-order valence-corrected chi connectivity index (χ2v) is 11.7. The fourth-order valence-electron chi connectivity index (χ4n) is 2.23. The predicted octanol–water partition coefficient (Wildman–Crippen LogP) is 3.48. The van der Waals surface area contributed by atoms with Crippen LogP contribution in [0, 0.1) is 5.82 Å². The fourth-order valence-corrected chi connectivity index (χ4v) is 4.09. The molecule has 19 heavy (non-hydrogen) atoms. The van der Waals surface area contributed by atoms with Gasteiger partial charge in [0, 0.05) is 28.3 Å². The molecule has 1 rings (SSSR count). The highest BCUT2D eigenvalue weighted by atomic mass is 28.3. The highest BCUT2D eigenvalue weighted by Gasteiger charge is 2.21. The van der Waals surface area contributed by atoms with Crippen molar-refractivity contribution in [3.63, 3.8) is 0 Å². The number of methoxy groups -OCH3 is 1. The lowest BCUT2D eigenvalue weighted by atomic mass is 10.0. The molecule has 0 radical (unpaired) electrons. The maximum Gasteiger partial charge on any atom is 0.123 e. The molecule has 0 saturated carbocycles. The zero-order valence-corrected chi connectivity index (χ0v) is 13.5. The Morgan fingerprint density at radius 2 is 1.84 bits per heavy atom. The van der Waals surface area contributed by atoms with Gasteiger partial charge in [0.1, 0.15) is 5.82 Å². The Hall–Kier alpha value is -0.713. The van der Waals surface area contributed by atoms with Crippen LogP contribution in [0.15, 0.2) is 24.3 Å². The van der Waals surface area contributed by atoms with Crippen LogP contribution in [-0.2, 0) is 4.74 Å². The van der Waals surface area contributed by atoms with Gasteiger partial charge >= 0.3 is 0 Å². The SMILES string of the molecule is COCCNCC(C[Si](C)(C)C)c1ccc(F)cc1. The molecule has 0 aromatic heterocycles. The molecule has 2 nitrogen and oxygen atoms in total. The standard InChI is InChI=1S/C15H26FNOSi/c1-18-10-9-17-11-14(12-19(2,3)4)13-5-7-15(16)8-6-13/h5-8,14,17H,9-12H2,1-4H3. The van der Waals surface area contributed by atoms with Gasteiger partial charge < -0.3 is 10.1 Å². The van der Waals surface area contributed by atoms with Crippen LogP contribution in [0.5, 0.6) is 0 Å². The largest absolute Gasteiger partial charge is 0.383 e. The zero-order valence-electron chi connectivity index (χ0n) is 12.5. The number of halogens is 1. The van der Waals surface area contributed by atoms with Crippen molar-refractivity contribution >= 4 is 8.07 Å². The van der Waals surface area contributed by atoms with E-state index in [1.165, 1.54) is 11.6 Å². The van der Waals surface area contributed by atoms with Crippen LogP contribution in [-0.4, -0.2) is 34.9 Å². The second kappa shape index (κ2) is 7.77. The van der Waals surface area contributed by atoms with Gasteiger partial charge in [-0.05, 0) is 29.7 Å². The molecule has 0 bridgehead atoms. The predicted molar refractivity (Wildman–Crippen MR) is 82.0 cm³/mol. The summed E-state index contributed by atoms with van der Waals surface area (Å²) in [5.41, 5.74) is 1.23. The highest BCUT2D eigenvalue weighted by molar-refractivity contribution is 6.76. The minimum Gasteiger partial charge on any atom is -0.383 e. The number of hydrogen-bond acceptors (Lipinski definition) is 2. The van der Waals surface area contributed by atoms with Gasteiger partial charge in [-0.1, -0.05) is 31.8 Å². The Labute approximate surface area is 117 Å². The maximum atomic E-state index is 13.0. The van der Waals surface area contributed by atoms with Crippen LogP contribution in [0.3, 0.4) is 0 Å². The van der Waals surface area contributed by atoms with Crippen molar-refractivity contribution in [1.29, 1.82) is 0 Å². The third-order valence-electron chi connectivity index (χ3n) is 3.07. The van der Waals surface area contributed by atoms with Crippen molar-refractivity contribution < 1.29 is 9.13 Å². The summed E-state index contributed by atoms with van der Waals surface area (Å²) in [6, 6.07) is 8.15. The van der Waals surface area contributed by atoms with Gasteiger partial charge in [0.05, 0.1) is 6.61 Å². The van der Waals surface area contributed by atoms with Gasteiger partial charge in [-0.3, -0.25) is 0 Å². The van der Waals surface area contributed by atoms with E-state index in [0.717, 1.165) is 19.7 Å². The van der Waals surface area contributed by atoms with Crippen LogP contribution in [0.1, 0.15) is 11.5 Å². The van der Waals surface area contributed by atoms with E-state index in [1.54, 1.807) is 19.2 Å². The van der Waals surface area contributed by atoms with E-state index in [1.807, 2.05) is 12.1 Å². The van der Waals surface area contributed by atoms with Crippen molar-refractivity contribution in [2.75, 3.05) is 26.8 Å². The first-order valence-corrected chi connectivity index (χ1v) is 10.6. The first-order chi connectivity index (χ1) is 8.92. The van der Waals surface area contributed by atoms with Gasteiger partial charge in [-0.25, -0.2) is 4.39 Å². The summed E-state index contributed by atoms with van der Waals surface area (Å²) in [5, 5.41) is 3.43. The molecule has 0 saturated heterocycles. The molecular formula is C15H26FNOSi. The molecule has 108 valence electrons. The van der Waals surface area contributed by atoms with Gasteiger partial charge in [0.15, 0.2) is 0 Å². The third kappa shape index (κ3) is 6.85. The Morgan fingerprint density at radius 1 is 1.21 bits per heavy atom. The molecule has 0 fully saturated rings. The lowest BCUT2D eigenvalue weighted by Crippen LogP contribution is -2.30. The Bertz CT molecular complexity index is 361. The molecule has 1 aromatic carbocycles. The molecule has 4 heteroatoms. The van der Waals surface area contributed by atoms with E-state index >= 15 is 0 Å². The minimum atomic E-state index is -1.15. The van der Waals surface area contributed by atoms with Crippen LogP contribution in [0.25, 0.3) is 0 Å². The van der Waals surface area contributed by atoms with Crippen molar-refractivity contribution in [3.8, 4) is 0 Å². The molecule has 1 atom stereocenters. The Morgan fingerprint density at radius 3 is 2.37 bits per heavy atom. The summed E-state index contributed by atoms with van der Waals surface area (Å²) in [5.74, 6) is 0.298. The molecule has 1 aromatic rings. The van der Waals surface area contributed by atoms with Gasteiger partial charge in [-0.15, -0.1) is 0 Å². The van der Waals surface area contributed by atoms with Crippen molar-refractivity contribution in [1.82, 2.24) is 5.32 Å². The summed E-state index contributed by atoms with van der Waals surface area (Å²) in [4.78, 5) is 0. The topological polar surface area (TPSA) is 21.3 Å². The Balaban J connectivity index is 2.65. The molecule has 0 spiro atoms. The van der Waals surface area contributed by atoms with E-state index in [9.17, 15) is 4.39 Å². The van der Waals surface area contributed by atoms with Crippen LogP contribution in [0.4, 0.5) is 4.39 Å². The smallest absolute Gasteiger partial charge is 0.123 e. The lowest BCUT2D eigenvalue weighted by molar-refractivity contribution is 0.199. The number of hydrogen-bond donors (Lipinski definition) is 1. The molecule has 0 amide bonds. The van der Waals surface area contributed by atoms with Crippen LogP contribution >= 0.6 is 0 Å². The van der Waals surface area contributed by atoms with Crippen molar-refractivity contribution in [3.05, 3.63) is 35.6 Å². The molecular weight excluding hydrogens is 257 g/mol. The average Bonchev–Trinajstić information content (AvgIpc) is 2.33. The summed E-state index contributed by atoms with van der Waals surface area (Å²) >= 11 is 0. The first kappa shape index (κ1) is 16.3. The number of nitrogens with one attached hydrogen (secondary N) is 1. The van der Waals surface area contributed by atoms with E-state index in [4.69, 9.17) is 4.74 Å². The minimum absolute atomic E-state index is 0.164. The van der Waals surface area contributed by atoms with Crippen LogP contribution < -0.4 is 5.32 Å². The van der Waals surface area contributed by atoms with Gasteiger partial charge in [0.2, 0.25) is 0 Å². The summed E-state index contributed by atoms with van der Waals surface area (Å²) < 4.78 is 18.1. The van der Waals surface area contributed by atoms with E-state index in [0.29, 0.717) is 5.92 Å². The van der Waals surface area contributed by atoms with Gasteiger partial charge in [-0.2, -0.15) is 0 Å². The van der Waals surface area contributed by atoms with Crippen molar-refractivity contribution in [2.24, 2.45) is 0 Å². The maximum absolute atomic E-state index is 13.0. The molecule has 0 heterocycles. The normalized spacial score (nSPS) is 13.5. The number of rotatable bonds is 8. The molecule has 0 aliphatic carbocycles. The van der Waals surface area contributed by atoms with E-state index in [2.05, 4.69) is 25.0 Å². The summed E-state index contributed by atoms with van der Waals surface area (Å²) in [6.45, 7) is 9.64. The van der Waals surface area contributed by atoms with E-state index in [-0.39, 0.29) is 5.82 Å². The summed E-state index contributed by atoms with van der Waals surface area (Å²) in [6.07, 6.45) is 0. The fraction of sp³-hybridized carbons (Fsp3) is 0.600. The quantitative estimate of drug-likeness (QED) is 0.582. The van der Waals surface area contributed by atoms with Crippen molar-refractivity contribution in [2.45, 2.75) is 31.6 Å². The number of benzene rings is 1. The zero-order chi connectivity index (χ0) is 14.3. The monoisotopic (exact) mass is 283 g/mol. The molecule has 0 aliphatic heterocycles. The average molecular weight is 283 g/mol. The molecule has 1 unspecified atom stereocenters. The summed E-state index contributed by atoms with van der Waals surface area (Å²) in [7, 11) is 0.559. The first-order valence-electron chi connectivity index (χ1n) is 6.87. The van der Waals surface area contributed by atoms with Crippen LogP contribution in [0.2, 0.25) is 25.7 Å².